The number of hydrogen-bond acceptors (Lipinski definition) is 7. The van der Waals surface area contributed by atoms with E-state index in [0.717, 1.165) is 12.0 Å². The predicted molar refractivity (Wildman–Crippen MR) is 141 cm³/mol. The molecule has 2 aromatic rings. The van der Waals surface area contributed by atoms with Crippen molar-refractivity contribution in [2.75, 3.05) is 24.2 Å². The third-order valence-corrected chi connectivity index (χ3v) is 7.34. The summed E-state index contributed by atoms with van der Waals surface area (Å²) in [5.74, 6) is -1.61. The quantitative estimate of drug-likeness (QED) is 0.241. The topological polar surface area (TPSA) is 152 Å². The fourth-order valence-electron chi connectivity index (χ4n) is 4.04. The summed E-state index contributed by atoms with van der Waals surface area (Å²) in [6.45, 7) is 2.13. The van der Waals surface area contributed by atoms with Gasteiger partial charge in [-0.1, -0.05) is 30.3 Å². The molecule has 1 aliphatic rings. The van der Waals surface area contributed by atoms with Crippen molar-refractivity contribution in [3.63, 3.8) is 0 Å². The van der Waals surface area contributed by atoms with E-state index in [1.807, 2.05) is 11.0 Å². The van der Waals surface area contributed by atoms with Gasteiger partial charge < -0.3 is 20.6 Å². The third-order valence-electron chi connectivity index (χ3n) is 5.93. The monoisotopic (exact) mass is 537 g/mol. The van der Waals surface area contributed by atoms with Gasteiger partial charge in [0.05, 0.1) is 11.3 Å². The van der Waals surface area contributed by atoms with Crippen molar-refractivity contribution < 1.29 is 23.1 Å². The Morgan fingerprint density at radius 3 is 2.50 bits per heavy atom. The van der Waals surface area contributed by atoms with Gasteiger partial charge in [-0.3, -0.25) is 15.0 Å². The molecule has 0 unspecified atom stereocenters. The highest BCUT2D eigenvalue weighted by molar-refractivity contribution is 7.89. The van der Waals surface area contributed by atoms with Gasteiger partial charge in [-0.2, -0.15) is 0 Å². The molecular weight excluding hydrogens is 506 g/mol. The van der Waals surface area contributed by atoms with Crippen molar-refractivity contribution in [2.45, 2.75) is 38.3 Å². The van der Waals surface area contributed by atoms with Crippen LogP contribution in [-0.2, 0) is 26.0 Å². The highest BCUT2D eigenvalue weighted by Gasteiger charge is 2.31. The summed E-state index contributed by atoms with van der Waals surface area (Å²) >= 11 is 0. The molecule has 1 fully saturated rings. The Morgan fingerprint density at radius 1 is 1.19 bits per heavy atom. The van der Waals surface area contributed by atoms with Crippen molar-refractivity contribution >= 4 is 45.8 Å². The molecular formula is C24H32ClN5O5S. The van der Waals surface area contributed by atoms with Crippen molar-refractivity contribution in [2.24, 2.45) is 0 Å². The number of benzene rings is 2. The second kappa shape index (κ2) is 12.7. The number of nitrogens with one attached hydrogen (secondary N) is 4. The van der Waals surface area contributed by atoms with E-state index in [2.05, 4.69) is 15.4 Å². The molecule has 0 aromatic heterocycles. The molecule has 1 saturated heterocycles. The smallest absolute Gasteiger partial charge is 0.244 e. The second-order valence-electron chi connectivity index (χ2n) is 8.29. The van der Waals surface area contributed by atoms with E-state index >= 15 is 0 Å². The van der Waals surface area contributed by atoms with E-state index in [-0.39, 0.29) is 53.7 Å². The molecule has 12 heteroatoms. The van der Waals surface area contributed by atoms with Gasteiger partial charge in [-0.25, -0.2) is 13.1 Å². The van der Waals surface area contributed by atoms with Gasteiger partial charge in [-0.15, -0.1) is 12.4 Å². The maximum Gasteiger partial charge on any atom is 0.244 e. The van der Waals surface area contributed by atoms with Crippen LogP contribution in [0.3, 0.4) is 0 Å². The fourth-order valence-corrected chi connectivity index (χ4v) is 4.83. The number of nitrogens with zero attached hydrogens (tertiary/aromatic N) is 1. The van der Waals surface area contributed by atoms with E-state index in [1.165, 1.54) is 19.1 Å². The van der Waals surface area contributed by atoms with Crippen molar-refractivity contribution in [1.82, 2.24) is 15.4 Å². The van der Waals surface area contributed by atoms with Crippen LogP contribution in [0.2, 0.25) is 0 Å². The van der Waals surface area contributed by atoms with E-state index < -0.39 is 22.0 Å². The number of halogens is 1. The Balaban J connectivity index is 0.00000456. The lowest BCUT2D eigenvalue weighted by atomic mass is 10.1. The van der Waals surface area contributed by atoms with Gasteiger partial charge >= 0.3 is 0 Å². The predicted octanol–water partition coefficient (Wildman–Crippen LogP) is 1.52. The lowest BCUT2D eigenvalue weighted by molar-refractivity contribution is -0.122. The Hall–Kier alpha value is -3.15. The first-order valence-electron chi connectivity index (χ1n) is 11.4. The van der Waals surface area contributed by atoms with E-state index in [9.17, 15) is 23.1 Å². The molecule has 1 aliphatic heterocycles. The lowest BCUT2D eigenvalue weighted by Crippen LogP contribution is -2.49. The molecule has 2 aromatic carbocycles. The molecule has 0 saturated carbocycles. The first kappa shape index (κ1) is 29.1. The molecule has 5 N–H and O–H groups in total. The number of amidine groups is 1. The van der Waals surface area contributed by atoms with E-state index in [4.69, 9.17) is 5.41 Å². The molecule has 3 rings (SSSR count). The van der Waals surface area contributed by atoms with E-state index in [0.29, 0.717) is 18.7 Å². The first-order valence-corrected chi connectivity index (χ1v) is 13.1. The molecule has 10 nitrogen and oxygen atoms in total. The highest BCUT2D eigenvalue weighted by atomic mass is 35.5. The van der Waals surface area contributed by atoms with Crippen molar-refractivity contribution in [1.29, 1.82) is 5.41 Å². The molecule has 2 amide bonds. The second-order valence-corrected chi connectivity index (χ2v) is 10.3. The van der Waals surface area contributed by atoms with Gasteiger partial charge in [0.25, 0.3) is 0 Å². The van der Waals surface area contributed by atoms with Crippen LogP contribution in [0.5, 0.6) is 5.75 Å². The number of aromatic hydroxyl groups is 1. The Kier molecular flexibility index (Phi) is 10.3. The summed E-state index contributed by atoms with van der Waals surface area (Å²) < 4.78 is 26.7. The SMILES string of the molecule is CCS(=O)(=O)N[C@H](Cc1ccccc1)C(=O)NC(=N)c1ccc(N2CCC[C@H]2C(=O)NC)cc1O.Cl. The number of carbonyl (C=O) groups is 2. The minimum absolute atomic E-state index is 0. The summed E-state index contributed by atoms with van der Waals surface area (Å²) in [5.41, 5.74) is 1.46. The number of likely N-dealkylation sites (N-methyl/N-ethyl adjacent to an activating group) is 1. The zero-order valence-electron chi connectivity index (χ0n) is 20.2. The number of phenolic OH excluding ortho intramolecular Hbond substituents is 1. The van der Waals surface area contributed by atoms with Gasteiger partial charge in [-0.05, 0) is 43.9 Å². The number of amides is 2. The van der Waals surface area contributed by atoms with Crippen LogP contribution in [-0.4, -0.2) is 62.6 Å². The van der Waals surface area contributed by atoms with Crippen LogP contribution in [0.15, 0.2) is 48.5 Å². The molecule has 0 aliphatic carbocycles. The summed E-state index contributed by atoms with van der Waals surface area (Å²) in [7, 11) is -2.11. The molecule has 0 radical (unpaired) electrons. The van der Waals surface area contributed by atoms with Crippen LogP contribution in [0.25, 0.3) is 0 Å². The van der Waals surface area contributed by atoms with Gasteiger partial charge in [0.2, 0.25) is 21.8 Å². The molecule has 0 bridgehead atoms. The number of anilines is 1. The number of rotatable bonds is 9. The van der Waals surface area contributed by atoms with Crippen molar-refractivity contribution in [3.8, 4) is 5.75 Å². The largest absolute Gasteiger partial charge is 0.507 e. The van der Waals surface area contributed by atoms with E-state index in [1.54, 1.807) is 37.4 Å². The van der Waals surface area contributed by atoms with Gasteiger partial charge in [0.1, 0.15) is 23.7 Å². The third kappa shape index (κ3) is 7.19. The maximum absolute atomic E-state index is 13.0. The summed E-state index contributed by atoms with van der Waals surface area (Å²) in [5, 5.41) is 24.0. The first-order chi connectivity index (χ1) is 16.6. The average molecular weight is 538 g/mol. The van der Waals surface area contributed by atoms with Gasteiger partial charge in [0.15, 0.2) is 0 Å². The maximum atomic E-state index is 13.0. The fraction of sp³-hybridized carbons (Fsp3) is 0.375. The Labute approximate surface area is 217 Å². The number of carbonyl (C=O) groups excluding carboxylic acids is 2. The molecule has 1 heterocycles. The zero-order valence-corrected chi connectivity index (χ0v) is 21.8. The van der Waals surface area contributed by atoms with Crippen LogP contribution < -0.4 is 20.3 Å². The normalized spacial score (nSPS) is 16.1. The molecule has 196 valence electrons. The Bertz CT molecular complexity index is 1190. The lowest BCUT2D eigenvalue weighted by Gasteiger charge is -2.26. The van der Waals surface area contributed by atoms with Crippen LogP contribution in [0, 0.1) is 5.41 Å². The van der Waals surface area contributed by atoms with Crippen LogP contribution in [0.4, 0.5) is 5.69 Å². The minimum atomic E-state index is -3.69. The average Bonchev–Trinajstić information content (AvgIpc) is 3.33. The van der Waals surface area contributed by atoms with Gasteiger partial charge in [0, 0.05) is 25.3 Å². The molecule has 36 heavy (non-hydrogen) atoms. The number of hydrogen-bond donors (Lipinski definition) is 5. The summed E-state index contributed by atoms with van der Waals surface area (Å²) in [4.78, 5) is 27.0. The summed E-state index contributed by atoms with van der Waals surface area (Å²) in [6, 6.07) is 12.1. The minimum Gasteiger partial charge on any atom is -0.507 e. The van der Waals surface area contributed by atoms with Crippen LogP contribution in [0.1, 0.15) is 30.9 Å². The molecule has 2 atom stereocenters. The number of phenols is 1. The number of sulfonamides is 1. The highest BCUT2D eigenvalue weighted by Crippen LogP contribution is 2.30. The van der Waals surface area contributed by atoms with Crippen LogP contribution >= 0.6 is 12.4 Å². The molecule has 0 spiro atoms. The standard InChI is InChI=1S/C24H31N5O5S.ClH/c1-3-35(33,34)28-19(14-16-8-5-4-6-9-16)23(31)27-22(25)18-12-11-17(15-21(18)30)29-13-7-10-20(29)24(32)26-2;/h4-6,8-9,11-12,15,19-20,28,30H,3,7,10,13-14H2,1-2H3,(H,26,32)(H2,25,27,31);1H/t19-,20+;/m1./s1. The Morgan fingerprint density at radius 2 is 1.89 bits per heavy atom. The zero-order chi connectivity index (χ0) is 25.6. The van der Waals surface area contributed by atoms with Crippen molar-refractivity contribution in [3.05, 3.63) is 59.7 Å². The summed E-state index contributed by atoms with van der Waals surface area (Å²) in [6.07, 6.45) is 1.63.